The van der Waals surface area contributed by atoms with Crippen molar-refractivity contribution in [3.05, 3.63) is 37.4 Å². The number of hydrogen-bond acceptors (Lipinski definition) is 16. The Morgan fingerprint density at radius 1 is 0.630 bits per heavy atom. The first-order valence-corrected chi connectivity index (χ1v) is 19.1. The van der Waals surface area contributed by atoms with Crippen LogP contribution in [0.4, 0.5) is 0 Å². The summed E-state index contributed by atoms with van der Waals surface area (Å²) in [4.78, 5) is 100. The number of carbonyl (C=O) groups excluding carboxylic acids is 8. The van der Waals surface area contributed by atoms with Crippen LogP contribution < -0.4 is 9.47 Å². The lowest BCUT2D eigenvalue weighted by atomic mass is 10.1. The molecule has 0 saturated carbocycles. The van der Waals surface area contributed by atoms with Gasteiger partial charge in [-0.15, -0.1) is 23.5 Å². The van der Waals surface area contributed by atoms with E-state index in [4.69, 9.17) is 28.4 Å². The fourth-order valence-electron chi connectivity index (χ4n) is 4.89. The van der Waals surface area contributed by atoms with Gasteiger partial charge in [0.15, 0.2) is 0 Å². The Kier molecular flexibility index (Phi) is 18.1. The standard InChI is InChI=1S/C36H44N2O14S2/c1-5-9-17-37-34(45)31(35(46)38(37)18-10-6-2)36-53-32-23(51-29(43)15-13-27(41)49-21-19-47-25(39)7-3)11-12-24(33(32)54-36)52-30(44)16-14-28(42)50-22-20-48-26(40)8-4/h7-8,11-12,31,36H,3-6,9-10,13-22H2,1-2H3. The Morgan fingerprint density at radius 3 is 1.37 bits per heavy atom. The molecule has 2 amide bonds. The van der Waals surface area contributed by atoms with E-state index < -0.39 is 46.3 Å². The summed E-state index contributed by atoms with van der Waals surface area (Å²) in [6, 6.07) is 2.78. The molecule has 294 valence electrons. The van der Waals surface area contributed by atoms with Gasteiger partial charge in [0, 0.05) is 25.2 Å². The van der Waals surface area contributed by atoms with E-state index in [1.165, 1.54) is 22.2 Å². The molecule has 1 fully saturated rings. The van der Waals surface area contributed by atoms with Crippen LogP contribution in [0, 0.1) is 5.92 Å². The van der Waals surface area contributed by atoms with E-state index in [9.17, 15) is 38.4 Å². The Labute approximate surface area is 321 Å². The number of ether oxygens (including phenoxy) is 6. The number of nitrogens with zero attached hydrogens (tertiary/aromatic N) is 2. The van der Waals surface area contributed by atoms with Crippen molar-refractivity contribution >= 4 is 71.2 Å². The summed E-state index contributed by atoms with van der Waals surface area (Å²) in [5.41, 5.74) is 0. The number of thioether (sulfide) groups is 2. The molecule has 0 bridgehead atoms. The molecule has 3 rings (SSSR count). The van der Waals surface area contributed by atoms with Crippen molar-refractivity contribution in [2.24, 2.45) is 5.92 Å². The molecule has 0 N–H and O–H groups in total. The van der Waals surface area contributed by atoms with E-state index in [1.54, 1.807) is 0 Å². The van der Waals surface area contributed by atoms with E-state index in [0.29, 0.717) is 35.7 Å². The second-order valence-electron chi connectivity index (χ2n) is 11.6. The van der Waals surface area contributed by atoms with E-state index in [2.05, 4.69) is 13.2 Å². The highest BCUT2D eigenvalue weighted by Gasteiger charge is 2.52. The molecule has 1 aromatic rings. The summed E-state index contributed by atoms with van der Waals surface area (Å²) >= 11 is 2.24. The van der Waals surface area contributed by atoms with Gasteiger partial charge < -0.3 is 28.4 Å². The second-order valence-corrected chi connectivity index (χ2v) is 14.2. The molecule has 2 aliphatic heterocycles. The van der Waals surface area contributed by atoms with Crippen molar-refractivity contribution in [2.75, 3.05) is 39.5 Å². The Bertz CT molecular complexity index is 1490. The van der Waals surface area contributed by atoms with Gasteiger partial charge in [-0.1, -0.05) is 39.8 Å². The minimum absolute atomic E-state index is 0.0591. The summed E-state index contributed by atoms with van der Waals surface area (Å²) in [5, 5.41) is 3.01. The van der Waals surface area contributed by atoms with Crippen LogP contribution in [0.1, 0.15) is 65.2 Å². The fraction of sp³-hybridized carbons (Fsp3) is 0.500. The first-order chi connectivity index (χ1) is 25.9. The molecule has 54 heavy (non-hydrogen) atoms. The normalized spacial score (nSPS) is 14.0. The van der Waals surface area contributed by atoms with Gasteiger partial charge in [-0.25, -0.2) is 9.59 Å². The lowest BCUT2D eigenvalue weighted by Gasteiger charge is -2.27. The minimum atomic E-state index is -1.07. The maximum absolute atomic E-state index is 13.8. The summed E-state index contributed by atoms with van der Waals surface area (Å²) in [7, 11) is 0. The zero-order chi connectivity index (χ0) is 39.6. The topological polar surface area (TPSA) is 198 Å². The number of hydrazine groups is 1. The van der Waals surface area contributed by atoms with Crippen LogP contribution in [0.15, 0.2) is 47.2 Å². The molecule has 2 aliphatic rings. The Balaban J connectivity index is 1.74. The summed E-state index contributed by atoms with van der Waals surface area (Å²) in [6.07, 6.45) is 3.60. The average Bonchev–Trinajstić information content (AvgIpc) is 3.70. The Morgan fingerprint density at radius 2 is 1.00 bits per heavy atom. The minimum Gasteiger partial charge on any atom is -0.462 e. The van der Waals surface area contributed by atoms with Gasteiger partial charge in [0.1, 0.15) is 43.8 Å². The molecule has 0 atom stereocenters. The van der Waals surface area contributed by atoms with E-state index >= 15 is 0 Å². The van der Waals surface area contributed by atoms with Crippen molar-refractivity contribution < 1.29 is 66.8 Å². The van der Waals surface area contributed by atoms with Crippen LogP contribution in [0.2, 0.25) is 0 Å². The van der Waals surface area contributed by atoms with Crippen LogP contribution >= 0.6 is 23.5 Å². The predicted octanol–water partition coefficient (Wildman–Crippen LogP) is 3.93. The third-order valence-electron chi connectivity index (χ3n) is 7.59. The maximum atomic E-state index is 13.8. The van der Waals surface area contributed by atoms with Gasteiger partial charge in [-0.2, -0.15) is 0 Å². The van der Waals surface area contributed by atoms with Gasteiger partial charge in [-0.05, 0) is 25.0 Å². The molecule has 1 aromatic carbocycles. The molecule has 0 unspecified atom stereocenters. The second kappa shape index (κ2) is 22.4. The number of fused-ring (bicyclic) bond motifs is 1. The molecular formula is C36H44N2O14S2. The van der Waals surface area contributed by atoms with Gasteiger partial charge in [-0.3, -0.25) is 38.8 Å². The van der Waals surface area contributed by atoms with Gasteiger partial charge in [0.05, 0.1) is 40.1 Å². The van der Waals surface area contributed by atoms with Crippen molar-refractivity contribution in [2.45, 2.75) is 79.6 Å². The zero-order valence-electron chi connectivity index (χ0n) is 30.2. The number of unbranched alkanes of at least 4 members (excludes halogenated alkanes) is 2. The summed E-state index contributed by atoms with van der Waals surface area (Å²) in [6.45, 7) is 10.5. The number of esters is 6. The first-order valence-electron chi connectivity index (χ1n) is 17.4. The molecule has 18 heteroatoms. The lowest BCUT2D eigenvalue weighted by molar-refractivity contribution is -0.151. The zero-order valence-corrected chi connectivity index (χ0v) is 31.8. The third kappa shape index (κ3) is 12.9. The highest BCUT2D eigenvalue weighted by Crippen LogP contribution is 2.58. The summed E-state index contributed by atoms with van der Waals surface area (Å²) < 4.78 is 29.9. The molecule has 0 spiro atoms. The van der Waals surface area contributed by atoms with E-state index in [-0.39, 0.29) is 75.4 Å². The number of amides is 2. The number of benzene rings is 1. The predicted molar refractivity (Wildman–Crippen MR) is 193 cm³/mol. The summed E-state index contributed by atoms with van der Waals surface area (Å²) in [5.74, 6) is -6.02. The van der Waals surface area contributed by atoms with Crippen molar-refractivity contribution in [1.82, 2.24) is 10.0 Å². The molecule has 16 nitrogen and oxygen atoms in total. The largest absolute Gasteiger partial charge is 0.462 e. The SMILES string of the molecule is C=CC(=O)OCCOC(=O)CCC(=O)Oc1ccc(OC(=O)CCC(=O)OCCOC(=O)C=C)c2c1SC(C1C(=O)N(CCCC)N(CCCC)C1=O)S2. The molecule has 0 aromatic heterocycles. The highest BCUT2D eigenvalue weighted by molar-refractivity contribution is 8.19. The number of hydrogen-bond donors (Lipinski definition) is 0. The molecule has 0 radical (unpaired) electrons. The fourth-order valence-corrected chi connectivity index (χ4v) is 8.02. The monoisotopic (exact) mass is 792 g/mol. The Hall–Kier alpha value is -4.84. The highest BCUT2D eigenvalue weighted by atomic mass is 32.2. The van der Waals surface area contributed by atoms with Gasteiger partial charge in [0.25, 0.3) is 11.8 Å². The quantitative estimate of drug-likeness (QED) is 0.0385. The van der Waals surface area contributed by atoms with Gasteiger partial charge >= 0.3 is 35.8 Å². The van der Waals surface area contributed by atoms with Crippen molar-refractivity contribution in [1.29, 1.82) is 0 Å². The smallest absolute Gasteiger partial charge is 0.330 e. The van der Waals surface area contributed by atoms with Crippen LogP contribution in [0.3, 0.4) is 0 Å². The van der Waals surface area contributed by atoms with Crippen LogP contribution in [-0.2, 0) is 57.3 Å². The molecule has 0 aliphatic carbocycles. The molecule has 1 saturated heterocycles. The van der Waals surface area contributed by atoms with E-state index in [1.807, 2.05) is 13.8 Å². The molecule has 2 heterocycles. The first kappa shape index (κ1) is 43.6. The third-order valence-corrected chi connectivity index (χ3v) is 10.6. The molecular weight excluding hydrogens is 749 g/mol. The van der Waals surface area contributed by atoms with Gasteiger partial charge in [0.2, 0.25) is 0 Å². The average molecular weight is 793 g/mol. The number of rotatable bonds is 23. The maximum Gasteiger partial charge on any atom is 0.330 e. The van der Waals surface area contributed by atoms with Crippen molar-refractivity contribution in [3.8, 4) is 11.5 Å². The van der Waals surface area contributed by atoms with Crippen LogP contribution in [-0.4, -0.2) is 102 Å². The van der Waals surface area contributed by atoms with Crippen LogP contribution in [0.5, 0.6) is 11.5 Å². The number of carbonyl (C=O) groups is 8. The van der Waals surface area contributed by atoms with Crippen molar-refractivity contribution in [3.63, 3.8) is 0 Å². The van der Waals surface area contributed by atoms with E-state index in [0.717, 1.165) is 48.5 Å². The van der Waals surface area contributed by atoms with Crippen LogP contribution in [0.25, 0.3) is 0 Å². The lowest BCUT2D eigenvalue weighted by Crippen LogP contribution is -2.42.